The molecule has 0 saturated carbocycles. The number of rotatable bonds is 2. The van der Waals surface area contributed by atoms with Crippen molar-refractivity contribution in [3.05, 3.63) is 33.2 Å². The maximum absolute atomic E-state index is 11.8. The van der Waals surface area contributed by atoms with Gasteiger partial charge in [0.2, 0.25) is 0 Å². The SMILES string of the molecule is Cc1csc2nc(CSC(=N)N)cc(=O)n12. The summed E-state index contributed by atoms with van der Waals surface area (Å²) in [5, 5.41) is 9.02. The van der Waals surface area contributed by atoms with Gasteiger partial charge in [0.15, 0.2) is 10.1 Å². The maximum atomic E-state index is 11.8. The summed E-state index contributed by atoms with van der Waals surface area (Å²) in [6.07, 6.45) is 0. The van der Waals surface area contributed by atoms with E-state index in [1.54, 1.807) is 4.40 Å². The van der Waals surface area contributed by atoms with E-state index in [4.69, 9.17) is 11.1 Å². The van der Waals surface area contributed by atoms with E-state index >= 15 is 0 Å². The average molecular weight is 254 g/mol. The van der Waals surface area contributed by atoms with Crippen LogP contribution >= 0.6 is 23.1 Å². The number of fused-ring (bicyclic) bond motifs is 1. The first-order chi connectivity index (χ1) is 7.58. The average Bonchev–Trinajstić information content (AvgIpc) is 2.58. The highest BCUT2D eigenvalue weighted by Gasteiger charge is 2.06. The summed E-state index contributed by atoms with van der Waals surface area (Å²) < 4.78 is 1.58. The van der Waals surface area contributed by atoms with Gasteiger partial charge in [-0.05, 0) is 6.92 Å². The minimum Gasteiger partial charge on any atom is -0.379 e. The van der Waals surface area contributed by atoms with Crippen molar-refractivity contribution in [3.63, 3.8) is 0 Å². The van der Waals surface area contributed by atoms with Crippen molar-refractivity contribution in [1.82, 2.24) is 9.38 Å². The number of aryl methyl sites for hydroxylation is 1. The van der Waals surface area contributed by atoms with Gasteiger partial charge in [0.05, 0.1) is 5.69 Å². The fraction of sp³-hybridized carbons (Fsp3) is 0.222. The van der Waals surface area contributed by atoms with Crippen LogP contribution in [0.15, 0.2) is 16.2 Å². The molecular formula is C9H10N4OS2. The minimum atomic E-state index is -0.0806. The molecule has 3 N–H and O–H groups in total. The normalized spacial score (nSPS) is 10.8. The second-order valence-corrected chi connectivity index (χ2v) is 5.09. The van der Waals surface area contributed by atoms with Crippen molar-refractivity contribution in [2.75, 3.05) is 0 Å². The molecule has 0 amide bonds. The van der Waals surface area contributed by atoms with Crippen molar-refractivity contribution in [2.24, 2.45) is 5.73 Å². The molecule has 84 valence electrons. The first kappa shape index (κ1) is 11.2. The molecule has 2 rings (SSSR count). The first-order valence-electron chi connectivity index (χ1n) is 4.51. The van der Waals surface area contributed by atoms with Gasteiger partial charge >= 0.3 is 0 Å². The summed E-state index contributed by atoms with van der Waals surface area (Å²) in [5.74, 6) is 0.456. The molecule has 5 nitrogen and oxygen atoms in total. The van der Waals surface area contributed by atoms with Gasteiger partial charge in [-0.2, -0.15) is 0 Å². The smallest absolute Gasteiger partial charge is 0.258 e. The molecule has 16 heavy (non-hydrogen) atoms. The quantitative estimate of drug-likeness (QED) is 0.623. The second kappa shape index (κ2) is 4.26. The van der Waals surface area contributed by atoms with E-state index in [0.717, 1.165) is 17.5 Å². The van der Waals surface area contributed by atoms with Crippen LogP contribution in [0.2, 0.25) is 0 Å². The maximum Gasteiger partial charge on any atom is 0.258 e. The van der Waals surface area contributed by atoms with Crippen LogP contribution in [0.25, 0.3) is 4.96 Å². The van der Waals surface area contributed by atoms with E-state index in [1.807, 2.05) is 12.3 Å². The fourth-order valence-electron chi connectivity index (χ4n) is 1.33. The number of nitrogens with zero attached hydrogens (tertiary/aromatic N) is 2. The molecule has 2 heterocycles. The Balaban J connectivity index is 2.43. The van der Waals surface area contributed by atoms with Crippen LogP contribution in [0, 0.1) is 12.3 Å². The minimum absolute atomic E-state index is 0.0318. The molecule has 7 heteroatoms. The number of thioether (sulfide) groups is 1. The highest BCUT2D eigenvalue weighted by Crippen LogP contribution is 2.14. The first-order valence-corrected chi connectivity index (χ1v) is 6.38. The zero-order valence-electron chi connectivity index (χ0n) is 8.56. The van der Waals surface area contributed by atoms with Gasteiger partial charge in [0.25, 0.3) is 5.56 Å². The molecule has 0 radical (unpaired) electrons. The van der Waals surface area contributed by atoms with Crippen LogP contribution in [0.5, 0.6) is 0 Å². The highest BCUT2D eigenvalue weighted by atomic mass is 32.2. The van der Waals surface area contributed by atoms with Crippen molar-refractivity contribution in [3.8, 4) is 0 Å². The molecular weight excluding hydrogens is 244 g/mol. The number of nitrogens with two attached hydrogens (primary N) is 1. The Morgan fingerprint density at radius 3 is 3.19 bits per heavy atom. The lowest BCUT2D eigenvalue weighted by atomic mass is 10.4. The Kier molecular flexibility index (Phi) is 2.97. The van der Waals surface area contributed by atoms with E-state index in [1.165, 1.54) is 17.4 Å². The zero-order chi connectivity index (χ0) is 11.7. The summed E-state index contributed by atoms with van der Waals surface area (Å²) in [6, 6.07) is 1.49. The molecule has 0 atom stereocenters. The Morgan fingerprint density at radius 1 is 1.75 bits per heavy atom. The molecule has 0 aromatic carbocycles. The summed E-state index contributed by atoms with van der Waals surface area (Å²) in [7, 11) is 0. The lowest BCUT2D eigenvalue weighted by molar-refractivity contribution is 0.998. The predicted octanol–water partition coefficient (Wildman–Crippen LogP) is 1.19. The molecule has 0 saturated heterocycles. The van der Waals surface area contributed by atoms with Crippen LogP contribution < -0.4 is 11.3 Å². The standard InChI is InChI=1S/C9H10N4OS2/c1-5-3-16-9-12-6(4-15-8(10)11)2-7(14)13(5)9/h2-3H,4H2,1H3,(H3,10,11). The van der Waals surface area contributed by atoms with E-state index in [0.29, 0.717) is 16.4 Å². The molecule has 0 aliphatic carbocycles. The number of hydrogen-bond acceptors (Lipinski definition) is 5. The van der Waals surface area contributed by atoms with Gasteiger partial charge in [0.1, 0.15) is 0 Å². The Hall–Kier alpha value is -1.34. The van der Waals surface area contributed by atoms with Crippen LogP contribution in [-0.2, 0) is 5.75 Å². The summed E-state index contributed by atoms with van der Waals surface area (Å²) >= 11 is 2.60. The molecule has 0 spiro atoms. The third-order valence-corrected chi connectivity index (χ3v) is 3.70. The monoisotopic (exact) mass is 254 g/mol. The van der Waals surface area contributed by atoms with Gasteiger partial charge in [-0.1, -0.05) is 11.8 Å². The highest BCUT2D eigenvalue weighted by molar-refractivity contribution is 8.13. The van der Waals surface area contributed by atoms with Gasteiger partial charge in [-0.25, -0.2) is 4.98 Å². The fourth-order valence-corrected chi connectivity index (χ4v) is 2.67. The van der Waals surface area contributed by atoms with Crippen molar-refractivity contribution >= 4 is 33.2 Å². The van der Waals surface area contributed by atoms with E-state index in [2.05, 4.69) is 4.98 Å². The van der Waals surface area contributed by atoms with Crippen molar-refractivity contribution in [1.29, 1.82) is 5.41 Å². The number of hydrogen-bond donors (Lipinski definition) is 2. The summed E-state index contributed by atoms with van der Waals surface area (Å²) in [6.45, 7) is 1.87. The number of nitrogens with one attached hydrogen (secondary N) is 1. The summed E-state index contributed by atoms with van der Waals surface area (Å²) in [4.78, 5) is 16.8. The number of thiazole rings is 1. The van der Waals surface area contributed by atoms with E-state index in [9.17, 15) is 4.79 Å². The molecule has 2 aromatic heterocycles. The number of aromatic nitrogens is 2. The predicted molar refractivity (Wildman–Crippen MR) is 67.3 cm³/mol. The lowest BCUT2D eigenvalue weighted by Crippen LogP contribution is -2.15. The van der Waals surface area contributed by atoms with Gasteiger partial charge in [-0.3, -0.25) is 14.6 Å². The molecule has 0 bridgehead atoms. The molecule has 0 unspecified atom stereocenters. The molecule has 0 fully saturated rings. The van der Waals surface area contributed by atoms with Gasteiger partial charge in [-0.15, -0.1) is 11.3 Å². The molecule has 0 aliphatic rings. The Labute approximate surface area is 99.8 Å². The van der Waals surface area contributed by atoms with Gasteiger partial charge in [0, 0.05) is 22.9 Å². The van der Waals surface area contributed by atoms with Crippen LogP contribution in [0.3, 0.4) is 0 Å². The molecule has 2 aromatic rings. The van der Waals surface area contributed by atoms with E-state index < -0.39 is 0 Å². The van der Waals surface area contributed by atoms with E-state index in [-0.39, 0.29) is 10.7 Å². The molecule has 0 aliphatic heterocycles. The second-order valence-electron chi connectivity index (χ2n) is 3.23. The third-order valence-electron chi connectivity index (χ3n) is 2.00. The van der Waals surface area contributed by atoms with Crippen molar-refractivity contribution < 1.29 is 0 Å². The summed E-state index contributed by atoms with van der Waals surface area (Å²) in [5.41, 5.74) is 6.70. The van der Waals surface area contributed by atoms with Crippen LogP contribution in [0.1, 0.15) is 11.4 Å². The Bertz CT molecular complexity index is 601. The Morgan fingerprint density at radius 2 is 2.50 bits per heavy atom. The van der Waals surface area contributed by atoms with Crippen LogP contribution in [0.4, 0.5) is 0 Å². The zero-order valence-corrected chi connectivity index (χ0v) is 10.2. The largest absolute Gasteiger partial charge is 0.379 e. The van der Waals surface area contributed by atoms with Crippen molar-refractivity contribution in [2.45, 2.75) is 12.7 Å². The van der Waals surface area contributed by atoms with Crippen LogP contribution in [-0.4, -0.2) is 14.6 Å². The number of amidine groups is 1. The van der Waals surface area contributed by atoms with Gasteiger partial charge < -0.3 is 5.73 Å². The topological polar surface area (TPSA) is 84.2 Å². The lowest BCUT2D eigenvalue weighted by Gasteiger charge is -2.00. The third kappa shape index (κ3) is 2.10.